The minimum Gasteiger partial charge on any atom is -0.507 e. The van der Waals surface area contributed by atoms with Gasteiger partial charge in [0.05, 0.1) is 10.8 Å². The Kier molecular flexibility index (Phi) is 5.36. The first-order valence-corrected chi connectivity index (χ1v) is 10.8. The second-order valence-corrected chi connectivity index (χ2v) is 10.5. The van der Waals surface area contributed by atoms with Gasteiger partial charge in [-0.2, -0.15) is 0 Å². The van der Waals surface area contributed by atoms with E-state index in [4.69, 9.17) is 4.74 Å². The largest absolute Gasteiger partial charge is 0.507 e. The maximum atomic E-state index is 13.5. The molecule has 1 heterocycles. The van der Waals surface area contributed by atoms with E-state index in [1.807, 2.05) is 27.7 Å². The molecule has 0 aromatic heterocycles. The molecule has 1 aromatic carbocycles. The van der Waals surface area contributed by atoms with Crippen LogP contribution in [-0.4, -0.2) is 27.6 Å². The molecule has 0 saturated carbocycles. The fraction of sp³-hybridized carbons (Fsp3) is 0.560. The zero-order chi connectivity index (χ0) is 23.6. The molecule has 1 aliphatic carbocycles. The number of phenols is 2. The maximum Gasteiger partial charge on any atom is 0.175 e. The summed E-state index contributed by atoms with van der Waals surface area (Å²) in [5.74, 6) is -1.93. The number of benzene rings is 1. The van der Waals surface area contributed by atoms with Crippen molar-refractivity contribution in [2.24, 2.45) is 22.7 Å². The number of carbonyl (C=O) groups is 3. The van der Waals surface area contributed by atoms with Gasteiger partial charge in [0.1, 0.15) is 28.6 Å². The summed E-state index contributed by atoms with van der Waals surface area (Å²) < 4.78 is 6.05. The fourth-order valence-electron chi connectivity index (χ4n) is 4.93. The average molecular weight is 429 g/mol. The number of aromatic hydroxyl groups is 2. The molecule has 2 N–H and O–H groups in total. The summed E-state index contributed by atoms with van der Waals surface area (Å²) >= 11 is 0. The van der Waals surface area contributed by atoms with Gasteiger partial charge < -0.3 is 14.9 Å². The number of ketones is 3. The van der Waals surface area contributed by atoms with Gasteiger partial charge in [-0.15, -0.1) is 0 Å². The fourth-order valence-corrected chi connectivity index (χ4v) is 4.93. The van der Waals surface area contributed by atoms with E-state index in [1.54, 1.807) is 27.7 Å². The van der Waals surface area contributed by atoms with Gasteiger partial charge in [0.15, 0.2) is 17.3 Å². The molecule has 0 amide bonds. The smallest absolute Gasteiger partial charge is 0.175 e. The summed E-state index contributed by atoms with van der Waals surface area (Å²) in [4.78, 5) is 39.4. The number of hydrogen-bond acceptors (Lipinski definition) is 6. The molecule has 0 fully saturated rings. The minimum absolute atomic E-state index is 0.0429. The van der Waals surface area contributed by atoms with Crippen molar-refractivity contribution in [1.29, 1.82) is 0 Å². The third kappa shape index (κ3) is 3.27. The first-order valence-electron chi connectivity index (χ1n) is 10.8. The standard InChI is InChI=1S/C25H32O6/c1-11(2)9-13(26)17-14(27)10-15-18(20(17)28)16(12(3)4)19-21(29)24(5,6)23(30)25(7,8)22(19)31-15/h10-12,16,27-28H,9H2,1-8H3. The average Bonchev–Trinajstić information content (AvgIpc) is 2.63. The molecule has 168 valence electrons. The van der Waals surface area contributed by atoms with Crippen LogP contribution in [0.15, 0.2) is 17.4 Å². The Bertz CT molecular complexity index is 1020. The van der Waals surface area contributed by atoms with E-state index in [0.29, 0.717) is 11.1 Å². The van der Waals surface area contributed by atoms with Crippen LogP contribution in [0.25, 0.3) is 0 Å². The highest BCUT2D eigenvalue weighted by molar-refractivity contribution is 6.20. The van der Waals surface area contributed by atoms with Crippen LogP contribution in [0.2, 0.25) is 0 Å². The number of fused-ring (bicyclic) bond motifs is 1. The van der Waals surface area contributed by atoms with Crippen molar-refractivity contribution < 1.29 is 29.3 Å². The lowest BCUT2D eigenvalue weighted by atomic mass is 9.59. The van der Waals surface area contributed by atoms with Crippen molar-refractivity contribution in [2.75, 3.05) is 0 Å². The molecular formula is C25H32O6. The molecule has 0 spiro atoms. The summed E-state index contributed by atoms with van der Waals surface area (Å²) in [6.07, 6.45) is 0.161. The Labute approximate surface area is 183 Å². The molecule has 6 nitrogen and oxygen atoms in total. The van der Waals surface area contributed by atoms with Crippen molar-refractivity contribution in [3.05, 3.63) is 28.5 Å². The molecule has 2 aliphatic rings. The minimum atomic E-state index is -1.24. The van der Waals surface area contributed by atoms with Crippen LogP contribution >= 0.6 is 0 Å². The van der Waals surface area contributed by atoms with Crippen molar-refractivity contribution in [3.8, 4) is 17.2 Å². The van der Waals surface area contributed by atoms with Crippen molar-refractivity contribution in [1.82, 2.24) is 0 Å². The molecule has 6 heteroatoms. The molecule has 0 saturated heterocycles. The van der Waals surface area contributed by atoms with Gasteiger partial charge in [-0.3, -0.25) is 14.4 Å². The molecule has 31 heavy (non-hydrogen) atoms. The Morgan fingerprint density at radius 2 is 1.65 bits per heavy atom. The second-order valence-electron chi connectivity index (χ2n) is 10.5. The molecule has 0 radical (unpaired) electrons. The van der Waals surface area contributed by atoms with Crippen molar-refractivity contribution in [2.45, 2.75) is 67.7 Å². The highest BCUT2D eigenvalue weighted by Gasteiger charge is 2.57. The number of hydrogen-bond donors (Lipinski definition) is 2. The number of phenolic OH excluding ortho intramolecular Hbond substituents is 2. The predicted molar refractivity (Wildman–Crippen MR) is 116 cm³/mol. The van der Waals surface area contributed by atoms with Crippen LogP contribution in [0.5, 0.6) is 17.2 Å². The number of allylic oxidation sites excluding steroid dienone is 2. The number of rotatable bonds is 4. The van der Waals surface area contributed by atoms with E-state index in [0.717, 1.165) is 0 Å². The molecular weight excluding hydrogens is 396 g/mol. The normalized spacial score (nSPS) is 21.8. The van der Waals surface area contributed by atoms with Crippen LogP contribution < -0.4 is 4.74 Å². The van der Waals surface area contributed by atoms with Gasteiger partial charge in [0, 0.05) is 29.5 Å². The van der Waals surface area contributed by atoms with Crippen molar-refractivity contribution >= 4 is 17.3 Å². The molecule has 1 aliphatic heterocycles. The van der Waals surface area contributed by atoms with E-state index < -0.39 is 16.7 Å². The van der Waals surface area contributed by atoms with E-state index in [9.17, 15) is 24.6 Å². The summed E-state index contributed by atoms with van der Waals surface area (Å²) in [7, 11) is 0. The third-order valence-corrected chi connectivity index (χ3v) is 6.41. The highest BCUT2D eigenvalue weighted by Crippen LogP contribution is 2.57. The second kappa shape index (κ2) is 7.21. The third-order valence-electron chi connectivity index (χ3n) is 6.41. The predicted octanol–water partition coefficient (Wildman–Crippen LogP) is 4.92. The molecule has 3 rings (SSSR count). The van der Waals surface area contributed by atoms with Crippen LogP contribution in [0.4, 0.5) is 0 Å². The Morgan fingerprint density at radius 1 is 1.06 bits per heavy atom. The Morgan fingerprint density at radius 3 is 2.16 bits per heavy atom. The lowest BCUT2D eigenvalue weighted by Crippen LogP contribution is -2.52. The number of Topliss-reactive ketones (excluding diaryl/α,β-unsaturated/α-hetero) is 3. The van der Waals surface area contributed by atoms with E-state index in [-0.39, 0.29) is 64.2 Å². The van der Waals surface area contributed by atoms with E-state index >= 15 is 0 Å². The summed E-state index contributed by atoms with van der Waals surface area (Å²) in [5.41, 5.74) is -1.77. The first kappa shape index (κ1) is 23.0. The van der Waals surface area contributed by atoms with Gasteiger partial charge in [-0.25, -0.2) is 0 Å². The molecule has 1 aromatic rings. The summed E-state index contributed by atoms with van der Waals surface area (Å²) in [5, 5.41) is 21.7. The molecule has 0 bridgehead atoms. The molecule has 1 unspecified atom stereocenters. The van der Waals surface area contributed by atoms with Crippen molar-refractivity contribution in [3.63, 3.8) is 0 Å². The summed E-state index contributed by atoms with van der Waals surface area (Å²) in [6, 6.07) is 1.31. The number of carbonyl (C=O) groups excluding carboxylic acids is 3. The van der Waals surface area contributed by atoms with Gasteiger partial charge in [-0.1, -0.05) is 27.7 Å². The van der Waals surface area contributed by atoms with E-state index in [2.05, 4.69) is 0 Å². The maximum absolute atomic E-state index is 13.5. The van der Waals surface area contributed by atoms with Gasteiger partial charge in [0.25, 0.3) is 0 Å². The SMILES string of the molecule is CC(C)CC(=O)c1c(O)cc2c(c1O)C(C(C)C)C1=C(O2)C(C)(C)C(=O)C(C)(C)C1=O. The monoisotopic (exact) mass is 428 g/mol. The van der Waals surface area contributed by atoms with Crippen LogP contribution in [0.3, 0.4) is 0 Å². The zero-order valence-corrected chi connectivity index (χ0v) is 19.5. The highest BCUT2D eigenvalue weighted by atomic mass is 16.5. The van der Waals surface area contributed by atoms with Gasteiger partial charge in [-0.05, 0) is 39.5 Å². The van der Waals surface area contributed by atoms with Gasteiger partial charge in [0.2, 0.25) is 0 Å². The van der Waals surface area contributed by atoms with Crippen LogP contribution in [0.1, 0.15) is 83.7 Å². The Balaban J connectivity index is 2.33. The lowest BCUT2D eigenvalue weighted by molar-refractivity contribution is -0.144. The zero-order valence-electron chi connectivity index (χ0n) is 19.5. The lowest BCUT2D eigenvalue weighted by Gasteiger charge is -2.45. The Hall–Kier alpha value is -2.63. The first-order chi connectivity index (χ1) is 14.1. The number of ether oxygens (including phenoxy) is 1. The van der Waals surface area contributed by atoms with Gasteiger partial charge >= 0.3 is 0 Å². The topological polar surface area (TPSA) is 101 Å². The van der Waals surface area contributed by atoms with Crippen LogP contribution in [-0.2, 0) is 9.59 Å². The van der Waals surface area contributed by atoms with E-state index in [1.165, 1.54) is 6.07 Å². The van der Waals surface area contributed by atoms with Crippen LogP contribution in [0, 0.1) is 22.7 Å². The summed E-state index contributed by atoms with van der Waals surface area (Å²) in [6.45, 7) is 14.3. The molecule has 1 atom stereocenters. The quantitative estimate of drug-likeness (QED) is 0.522.